The summed E-state index contributed by atoms with van der Waals surface area (Å²) in [6.45, 7) is 3.30. The van der Waals surface area contributed by atoms with Gasteiger partial charge in [-0.1, -0.05) is 6.07 Å². The molecule has 0 aliphatic carbocycles. The van der Waals surface area contributed by atoms with E-state index in [0.717, 1.165) is 26.1 Å². The van der Waals surface area contributed by atoms with Crippen LogP contribution in [-0.4, -0.2) is 43.6 Å². The van der Waals surface area contributed by atoms with Crippen LogP contribution in [-0.2, 0) is 6.42 Å². The molecule has 0 saturated carbocycles. The lowest BCUT2D eigenvalue weighted by molar-refractivity contribution is 0.330. The summed E-state index contributed by atoms with van der Waals surface area (Å²) >= 11 is 0. The SMILES string of the molecule is CNCCN(C)CCCc1ccccn1. The van der Waals surface area contributed by atoms with E-state index in [0.29, 0.717) is 0 Å². The lowest BCUT2D eigenvalue weighted by atomic mass is 10.2. The highest BCUT2D eigenvalue weighted by atomic mass is 15.1. The maximum absolute atomic E-state index is 4.31. The van der Waals surface area contributed by atoms with Crippen molar-refractivity contribution in [3.8, 4) is 0 Å². The van der Waals surface area contributed by atoms with Crippen LogP contribution < -0.4 is 5.32 Å². The van der Waals surface area contributed by atoms with E-state index in [2.05, 4.69) is 28.3 Å². The van der Waals surface area contributed by atoms with Crippen LogP contribution in [0.25, 0.3) is 0 Å². The predicted molar refractivity (Wildman–Crippen MR) is 64.0 cm³/mol. The highest BCUT2D eigenvalue weighted by molar-refractivity contribution is 5.03. The monoisotopic (exact) mass is 207 g/mol. The number of hydrogen-bond acceptors (Lipinski definition) is 3. The van der Waals surface area contributed by atoms with Crippen molar-refractivity contribution in [1.29, 1.82) is 0 Å². The molecule has 84 valence electrons. The molecule has 1 rings (SSSR count). The normalized spacial score (nSPS) is 10.9. The standard InChI is InChI=1S/C12H21N3/c1-13-9-11-15(2)10-5-7-12-6-3-4-8-14-12/h3-4,6,8,13H,5,7,9-11H2,1-2H3. The third kappa shape index (κ3) is 5.50. The van der Waals surface area contributed by atoms with Crippen LogP contribution in [0.5, 0.6) is 0 Å². The molecule has 0 fully saturated rings. The van der Waals surface area contributed by atoms with Gasteiger partial charge in [-0.2, -0.15) is 0 Å². The van der Waals surface area contributed by atoms with Crippen LogP contribution in [0.3, 0.4) is 0 Å². The second-order valence-corrected chi connectivity index (χ2v) is 3.83. The first-order chi connectivity index (χ1) is 7.33. The largest absolute Gasteiger partial charge is 0.318 e. The second kappa shape index (κ2) is 7.37. The van der Waals surface area contributed by atoms with Crippen LogP contribution in [0.2, 0.25) is 0 Å². The first-order valence-corrected chi connectivity index (χ1v) is 5.56. The molecule has 0 spiro atoms. The van der Waals surface area contributed by atoms with Gasteiger partial charge in [-0.25, -0.2) is 0 Å². The molecule has 3 nitrogen and oxygen atoms in total. The minimum atomic E-state index is 1.06. The predicted octanol–water partition coefficient (Wildman–Crippen LogP) is 1.17. The third-order valence-corrected chi connectivity index (χ3v) is 2.44. The van der Waals surface area contributed by atoms with Gasteiger partial charge in [0.1, 0.15) is 0 Å². The van der Waals surface area contributed by atoms with E-state index >= 15 is 0 Å². The molecule has 0 aliphatic heterocycles. The van der Waals surface area contributed by atoms with Crippen LogP contribution in [0.4, 0.5) is 0 Å². The Labute approximate surface area is 92.5 Å². The van der Waals surface area contributed by atoms with Gasteiger partial charge in [0.05, 0.1) is 0 Å². The summed E-state index contributed by atoms with van der Waals surface area (Å²) in [5, 5.41) is 3.15. The molecule has 0 atom stereocenters. The Bertz CT molecular complexity index is 248. The number of aromatic nitrogens is 1. The Morgan fingerprint density at radius 2 is 2.20 bits per heavy atom. The Kier molecular flexibility index (Phi) is 5.97. The number of likely N-dealkylation sites (N-methyl/N-ethyl adjacent to an activating group) is 2. The lowest BCUT2D eigenvalue weighted by Crippen LogP contribution is -2.28. The number of rotatable bonds is 7. The van der Waals surface area contributed by atoms with E-state index in [4.69, 9.17) is 0 Å². The van der Waals surface area contributed by atoms with Gasteiger partial charge in [0.15, 0.2) is 0 Å². The van der Waals surface area contributed by atoms with Crippen molar-refractivity contribution in [2.24, 2.45) is 0 Å². The molecule has 1 aromatic rings. The van der Waals surface area contributed by atoms with E-state index in [1.807, 2.05) is 25.4 Å². The zero-order valence-electron chi connectivity index (χ0n) is 9.74. The van der Waals surface area contributed by atoms with E-state index in [-0.39, 0.29) is 0 Å². The van der Waals surface area contributed by atoms with Gasteiger partial charge in [0.25, 0.3) is 0 Å². The minimum absolute atomic E-state index is 1.06. The topological polar surface area (TPSA) is 28.2 Å². The fraction of sp³-hybridized carbons (Fsp3) is 0.583. The maximum Gasteiger partial charge on any atom is 0.0404 e. The first kappa shape index (κ1) is 12.1. The summed E-state index contributed by atoms with van der Waals surface area (Å²) in [4.78, 5) is 6.65. The molecule has 0 aromatic carbocycles. The molecule has 0 saturated heterocycles. The average Bonchev–Trinajstić information content (AvgIpc) is 2.28. The lowest BCUT2D eigenvalue weighted by Gasteiger charge is -2.15. The fourth-order valence-electron chi connectivity index (χ4n) is 1.49. The van der Waals surface area contributed by atoms with Gasteiger partial charge in [0.2, 0.25) is 0 Å². The number of hydrogen-bond donors (Lipinski definition) is 1. The van der Waals surface area contributed by atoms with Crippen molar-refractivity contribution in [3.05, 3.63) is 30.1 Å². The smallest absolute Gasteiger partial charge is 0.0404 e. The highest BCUT2D eigenvalue weighted by Crippen LogP contribution is 1.99. The van der Waals surface area contributed by atoms with Crippen molar-refractivity contribution in [2.75, 3.05) is 33.7 Å². The van der Waals surface area contributed by atoms with Gasteiger partial charge in [0, 0.05) is 25.0 Å². The molecule has 15 heavy (non-hydrogen) atoms. The molecule has 0 amide bonds. The molecular formula is C12H21N3. The minimum Gasteiger partial charge on any atom is -0.318 e. The van der Waals surface area contributed by atoms with Crippen LogP contribution in [0.1, 0.15) is 12.1 Å². The number of aryl methyl sites for hydroxylation is 1. The quantitative estimate of drug-likeness (QED) is 0.727. The Hall–Kier alpha value is -0.930. The summed E-state index contributed by atoms with van der Waals surface area (Å²) in [6, 6.07) is 6.10. The molecule has 1 N–H and O–H groups in total. The molecule has 3 heteroatoms. The molecule has 0 bridgehead atoms. The number of nitrogens with one attached hydrogen (secondary N) is 1. The van der Waals surface area contributed by atoms with E-state index in [1.54, 1.807) is 0 Å². The van der Waals surface area contributed by atoms with Crippen LogP contribution in [0.15, 0.2) is 24.4 Å². The summed E-state index contributed by atoms with van der Waals surface area (Å²) in [5.41, 5.74) is 1.19. The number of pyridine rings is 1. The van der Waals surface area contributed by atoms with E-state index < -0.39 is 0 Å². The summed E-state index contributed by atoms with van der Waals surface area (Å²) in [6.07, 6.45) is 4.11. The zero-order valence-corrected chi connectivity index (χ0v) is 9.74. The summed E-state index contributed by atoms with van der Waals surface area (Å²) < 4.78 is 0. The summed E-state index contributed by atoms with van der Waals surface area (Å²) in [5.74, 6) is 0. The fourth-order valence-corrected chi connectivity index (χ4v) is 1.49. The van der Waals surface area contributed by atoms with Gasteiger partial charge in [-0.15, -0.1) is 0 Å². The Balaban J connectivity index is 2.11. The molecule has 0 aliphatic rings. The zero-order chi connectivity index (χ0) is 10.9. The molecule has 0 unspecified atom stereocenters. The Morgan fingerprint density at radius 3 is 2.87 bits per heavy atom. The molecule has 1 aromatic heterocycles. The maximum atomic E-state index is 4.31. The van der Waals surface area contributed by atoms with E-state index in [9.17, 15) is 0 Å². The van der Waals surface area contributed by atoms with Crippen molar-refractivity contribution in [1.82, 2.24) is 15.2 Å². The van der Waals surface area contributed by atoms with Crippen LogP contribution >= 0.6 is 0 Å². The van der Waals surface area contributed by atoms with Crippen LogP contribution in [0, 0.1) is 0 Å². The van der Waals surface area contributed by atoms with Crippen molar-refractivity contribution < 1.29 is 0 Å². The first-order valence-electron chi connectivity index (χ1n) is 5.56. The second-order valence-electron chi connectivity index (χ2n) is 3.83. The van der Waals surface area contributed by atoms with Crippen molar-refractivity contribution in [3.63, 3.8) is 0 Å². The molecular weight excluding hydrogens is 186 g/mol. The van der Waals surface area contributed by atoms with Crippen molar-refractivity contribution >= 4 is 0 Å². The van der Waals surface area contributed by atoms with Crippen molar-refractivity contribution in [2.45, 2.75) is 12.8 Å². The van der Waals surface area contributed by atoms with Gasteiger partial charge < -0.3 is 10.2 Å². The Morgan fingerprint density at radius 1 is 1.33 bits per heavy atom. The number of nitrogens with zero attached hydrogens (tertiary/aromatic N) is 2. The average molecular weight is 207 g/mol. The summed E-state index contributed by atoms with van der Waals surface area (Å²) in [7, 11) is 4.15. The highest BCUT2D eigenvalue weighted by Gasteiger charge is 1.98. The molecule has 0 radical (unpaired) electrons. The van der Waals surface area contributed by atoms with Gasteiger partial charge in [-0.3, -0.25) is 4.98 Å². The third-order valence-electron chi connectivity index (χ3n) is 2.44. The van der Waals surface area contributed by atoms with Gasteiger partial charge in [-0.05, 0) is 45.6 Å². The molecule has 1 heterocycles. The van der Waals surface area contributed by atoms with E-state index in [1.165, 1.54) is 12.1 Å². The van der Waals surface area contributed by atoms with Gasteiger partial charge >= 0.3 is 0 Å².